The number of nitrogens with one attached hydrogen (secondary N) is 1. The third-order valence-electron chi connectivity index (χ3n) is 2.63. The van der Waals surface area contributed by atoms with E-state index >= 15 is 0 Å². The van der Waals surface area contributed by atoms with E-state index in [2.05, 4.69) is 4.83 Å². The largest absolute Gasteiger partial charge is 0.399 e. The van der Waals surface area contributed by atoms with Gasteiger partial charge in [0.25, 0.3) is 10.0 Å². The fourth-order valence-corrected chi connectivity index (χ4v) is 2.37. The van der Waals surface area contributed by atoms with Crippen LogP contribution in [-0.4, -0.2) is 19.7 Å². The lowest BCUT2D eigenvalue weighted by Gasteiger charge is -2.17. The molecule has 0 aliphatic carbocycles. The molecule has 0 amide bonds. The predicted octanol–water partition coefficient (Wildman–Crippen LogP) is 1.00. The Kier molecular flexibility index (Phi) is 3.29. The van der Waals surface area contributed by atoms with Crippen molar-refractivity contribution in [1.82, 2.24) is 10.0 Å². The first kappa shape index (κ1) is 12.9. The Hall–Kier alpha value is -1.57. The first-order valence-electron chi connectivity index (χ1n) is 5.41. The Balaban J connectivity index is 2.16. The normalized spacial score (nSPS) is 20.0. The van der Waals surface area contributed by atoms with Crippen LogP contribution in [0.15, 0.2) is 40.9 Å². The summed E-state index contributed by atoms with van der Waals surface area (Å²) in [5.41, 5.74) is 6.96. The summed E-state index contributed by atoms with van der Waals surface area (Å²) in [7, 11) is -3.66. The number of hydrazine groups is 1. The van der Waals surface area contributed by atoms with Crippen LogP contribution >= 0.6 is 0 Å². The molecule has 2 rings (SSSR count). The molecule has 0 fully saturated rings. The Morgan fingerprint density at radius 1 is 1.33 bits per heavy atom. The van der Waals surface area contributed by atoms with Gasteiger partial charge >= 0.3 is 0 Å². The van der Waals surface area contributed by atoms with Crippen LogP contribution in [0.1, 0.15) is 13.8 Å². The Bertz CT molecular complexity index is 566. The third kappa shape index (κ3) is 2.63. The summed E-state index contributed by atoms with van der Waals surface area (Å²) in [4.78, 5) is 7.73. The van der Waals surface area contributed by atoms with Gasteiger partial charge in [-0.1, -0.05) is 4.83 Å². The van der Waals surface area contributed by atoms with Crippen LogP contribution in [-0.2, 0) is 14.9 Å². The zero-order valence-corrected chi connectivity index (χ0v) is 10.9. The minimum Gasteiger partial charge on any atom is -0.399 e. The molecule has 0 saturated heterocycles. The van der Waals surface area contributed by atoms with Crippen molar-refractivity contribution in [3.63, 3.8) is 0 Å². The Morgan fingerprint density at radius 2 is 1.94 bits per heavy atom. The molecule has 3 N–H and O–H groups in total. The SMILES string of the molecule is CC1=CN(NS(=O)(=O)c2ccc(N)cc2)OC1C. The maximum atomic E-state index is 12.0. The van der Waals surface area contributed by atoms with E-state index in [0.29, 0.717) is 5.69 Å². The van der Waals surface area contributed by atoms with Gasteiger partial charge in [0.15, 0.2) is 0 Å². The summed E-state index contributed by atoms with van der Waals surface area (Å²) in [6.07, 6.45) is 1.46. The van der Waals surface area contributed by atoms with E-state index in [1.807, 2.05) is 13.8 Å². The van der Waals surface area contributed by atoms with E-state index in [-0.39, 0.29) is 11.0 Å². The molecular weight excluding hydrogens is 254 g/mol. The lowest BCUT2D eigenvalue weighted by Crippen LogP contribution is -2.37. The van der Waals surface area contributed by atoms with E-state index in [4.69, 9.17) is 10.6 Å². The molecule has 0 saturated carbocycles. The zero-order chi connectivity index (χ0) is 13.3. The fourth-order valence-electron chi connectivity index (χ4n) is 1.44. The molecule has 1 heterocycles. The van der Waals surface area contributed by atoms with Crippen LogP contribution in [0.4, 0.5) is 5.69 Å². The number of nitrogens with zero attached hydrogens (tertiary/aromatic N) is 1. The lowest BCUT2D eigenvalue weighted by molar-refractivity contribution is -0.142. The maximum absolute atomic E-state index is 12.0. The van der Waals surface area contributed by atoms with Gasteiger partial charge in [0.2, 0.25) is 0 Å². The summed E-state index contributed by atoms with van der Waals surface area (Å²) < 4.78 is 24.0. The molecule has 1 aliphatic rings. The summed E-state index contributed by atoms with van der Waals surface area (Å²) in [5, 5.41) is 1.10. The zero-order valence-electron chi connectivity index (χ0n) is 10.1. The average molecular weight is 269 g/mol. The van der Waals surface area contributed by atoms with Crippen molar-refractivity contribution in [2.75, 3.05) is 5.73 Å². The highest BCUT2D eigenvalue weighted by atomic mass is 32.2. The fraction of sp³-hybridized carbons (Fsp3) is 0.273. The number of hydrogen-bond acceptors (Lipinski definition) is 5. The molecule has 0 radical (unpaired) electrons. The number of nitrogen functional groups attached to an aromatic ring is 1. The van der Waals surface area contributed by atoms with Crippen molar-refractivity contribution in [3.05, 3.63) is 36.0 Å². The molecule has 1 aromatic carbocycles. The smallest absolute Gasteiger partial charge is 0.259 e. The van der Waals surface area contributed by atoms with Gasteiger partial charge in [0.05, 0.1) is 4.90 Å². The van der Waals surface area contributed by atoms with E-state index < -0.39 is 10.0 Å². The van der Waals surface area contributed by atoms with E-state index in [0.717, 1.165) is 10.7 Å². The molecule has 0 spiro atoms. The van der Waals surface area contributed by atoms with Crippen LogP contribution in [0.3, 0.4) is 0 Å². The lowest BCUT2D eigenvalue weighted by atomic mass is 10.2. The molecule has 1 atom stereocenters. The number of sulfonamides is 1. The van der Waals surface area contributed by atoms with Crippen LogP contribution in [0.2, 0.25) is 0 Å². The highest BCUT2D eigenvalue weighted by Gasteiger charge is 2.23. The van der Waals surface area contributed by atoms with Gasteiger partial charge in [0, 0.05) is 11.9 Å². The molecule has 1 aliphatic heterocycles. The van der Waals surface area contributed by atoms with Crippen molar-refractivity contribution in [2.45, 2.75) is 24.8 Å². The number of nitrogens with two attached hydrogens (primary N) is 1. The number of rotatable bonds is 3. The number of anilines is 1. The first-order chi connectivity index (χ1) is 8.38. The van der Waals surface area contributed by atoms with Gasteiger partial charge in [-0.15, -0.1) is 0 Å². The summed E-state index contributed by atoms with van der Waals surface area (Å²) in [6.45, 7) is 3.70. The molecule has 7 heteroatoms. The van der Waals surface area contributed by atoms with Crippen molar-refractivity contribution < 1.29 is 13.3 Å². The van der Waals surface area contributed by atoms with Crippen molar-refractivity contribution in [2.24, 2.45) is 0 Å². The summed E-state index contributed by atoms with van der Waals surface area (Å²) in [5.74, 6) is 0. The monoisotopic (exact) mass is 269 g/mol. The summed E-state index contributed by atoms with van der Waals surface area (Å²) in [6, 6.07) is 5.94. The molecule has 98 valence electrons. The van der Waals surface area contributed by atoms with E-state index in [1.54, 1.807) is 6.20 Å². The van der Waals surface area contributed by atoms with Crippen LogP contribution in [0.25, 0.3) is 0 Å². The maximum Gasteiger partial charge on any atom is 0.259 e. The number of hydroxylamine groups is 1. The molecule has 18 heavy (non-hydrogen) atoms. The van der Waals surface area contributed by atoms with Gasteiger partial charge in [-0.3, -0.25) is 4.84 Å². The van der Waals surface area contributed by atoms with Gasteiger partial charge in [0.1, 0.15) is 6.10 Å². The number of benzene rings is 1. The highest BCUT2D eigenvalue weighted by molar-refractivity contribution is 7.89. The quantitative estimate of drug-likeness (QED) is 0.800. The van der Waals surface area contributed by atoms with E-state index in [1.165, 1.54) is 24.3 Å². The van der Waals surface area contributed by atoms with Crippen LogP contribution in [0.5, 0.6) is 0 Å². The topological polar surface area (TPSA) is 84.7 Å². The molecule has 6 nitrogen and oxygen atoms in total. The van der Waals surface area contributed by atoms with Gasteiger partial charge in [-0.2, -0.15) is 5.17 Å². The Labute approximate surface area is 106 Å². The standard InChI is InChI=1S/C11H15N3O3S/c1-8-7-14(17-9(8)2)13-18(15,16)11-5-3-10(12)4-6-11/h3-7,9,13H,12H2,1-2H3. The second-order valence-electron chi connectivity index (χ2n) is 4.11. The molecule has 1 aromatic rings. The molecular formula is C11H15N3O3S. The second kappa shape index (κ2) is 4.60. The minimum atomic E-state index is -3.66. The van der Waals surface area contributed by atoms with E-state index in [9.17, 15) is 8.42 Å². The van der Waals surface area contributed by atoms with Crippen LogP contribution in [0, 0.1) is 0 Å². The predicted molar refractivity (Wildman–Crippen MR) is 67.3 cm³/mol. The van der Waals surface area contributed by atoms with Crippen LogP contribution < -0.4 is 10.6 Å². The average Bonchev–Trinajstić information content (AvgIpc) is 2.57. The van der Waals surface area contributed by atoms with Gasteiger partial charge in [-0.05, 0) is 43.7 Å². The van der Waals surface area contributed by atoms with Crippen molar-refractivity contribution in [1.29, 1.82) is 0 Å². The summed E-state index contributed by atoms with van der Waals surface area (Å²) >= 11 is 0. The van der Waals surface area contributed by atoms with Gasteiger partial charge in [-0.25, -0.2) is 8.42 Å². The second-order valence-corrected chi connectivity index (χ2v) is 5.77. The number of hydrogen-bond donors (Lipinski definition) is 2. The van der Waals surface area contributed by atoms with Crippen molar-refractivity contribution >= 4 is 15.7 Å². The molecule has 1 unspecified atom stereocenters. The molecule has 0 bridgehead atoms. The van der Waals surface area contributed by atoms with Gasteiger partial charge < -0.3 is 5.73 Å². The Morgan fingerprint density at radius 3 is 2.44 bits per heavy atom. The molecule has 0 aromatic heterocycles. The first-order valence-corrected chi connectivity index (χ1v) is 6.89. The van der Waals surface area contributed by atoms with Crippen molar-refractivity contribution in [3.8, 4) is 0 Å². The highest BCUT2D eigenvalue weighted by Crippen LogP contribution is 2.18. The minimum absolute atomic E-state index is 0.130. The third-order valence-corrected chi connectivity index (χ3v) is 3.95.